The van der Waals surface area contributed by atoms with Crippen LogP contribution in [0.15, 0.2) is 12.5 Å². The number of fused-ring (bicyclic) bond motifs is 2. The molecule has 41 heavy (non-hydrogen) atoms. The molecule has 6 heterocycles. The molecule has 6 rings (SSSR count). The molecule has 2 aliphatic rings. The smallest absolute Gasteiger partial charge is 0.346 e. The van der Waals surface area contributed by atoms with Crippen molar-refractivity contribution >= 4 is 33.1 Å². The molecule has 2 aliphatic heterocycles. The molecule has 11 heteroatoms. The van der Waals surface area contributed by atoms with Gasteiger partial charge in [0.1, 0.15) is 11.2 Å². The Bertz CT molecular complexity index is 1610. The van der Waals surface area contributed by atoms with Crippen LogP contribution in [-0.2, 0) is 4.79 Å². The summed E-state index contributed by atoms with van der Waals surface area (Å²) >= 11 is 1.80. The number of likely N-dealkylation sites (tertiary alicyclic amines) is 1. The summed E-state index contributed by atoms with van der Waals surface area (Å²) in [6, 6.07) is -0.746. The van der Waals surface area contributed by atoms with E-state index in [1.165, 1.54) is 27.0 Å². The minimum Gasteiger partial charge on any atom is -0.346 e. The number of pyridine rings is 1. The van der Waals surface area contributed by atoms with E-state index in [4.69, 9.17) is 0 Å². The molecule has 0 spiro atoms. The van der Waals surface area contributed by atoms with Crippen LogP contribution in [0.4, 0.5) is 13.2 Å². The number of carbonyl (C=O) groups excluding carboxylic acids is 1. The van der Waals surface area contributed by atoms with Gasteiger partial charge < -0.3 is 15.2 Å². The lowest BCUT2D eigenvalue weighted by atomic mass is 9.88. The Balaban J connectivity index is 1.24. The maximum atomic E-state index is 13.3. The van der Waals surface area contributed by atoms with E-state index in [1.54, 1.807) is 22.6 Å². The zero-order chi connectivity index (χ0) is 29.2. The van der Waals surface area contributed by atoms with E-state index >= 15 is 0 Å². The lowest BCUT2D eigenvalue weighted by Crippen LogP contribution is -2.53. The Kier molecular flexibility index (Phi) is 7.17. The maximum absolute atomic E-state index is 13.3. The van der Waals surface area contributed by atoms with Crippen LogP contribution < -0.4 is 5.32 Å². The highest BCUT2D eigenvalue weighted by Gasteiger charge is 2.44. The molecule has 0 aliphatic carbocycles. The van der Waals surface area contributed by atoms with Gasteiger partial charge in [-0.2, -0.15) is 18.3 Å². The largest absolute Gasteiger partial charge is 0.391 e. The van der Waals surface area contributed by atoms with Gasteiger partial charge in [0.15, 0.2) is 5.65 Å². The van der Waals surface area contributed by atoms with E-state index in [2.05, 4.69) is 61.2 Å². The molecule has 0 aromatic carbocycles. The molecule has 2 fully saturated rings. The Labute approximate surface area is 241 Å². The van der Waals surface area contributed by atoms with Crippen LogP contribution in [0.3, 0.4) is 0 Å². The van der Waals surface area contributed by atoms with Crippen molar-refractivity contribution in [3.8, 4) is 11.3 Å². The predicted molar refractivity (Wildman–Crippen MR) is 156 cm³/mol. The molecule has 7 nitrogen and oxygen atoms in total. The third kappa shape index (κ3) is 4.84. The second-order valence-corrected chi connectivity index (χ2v) is 13.1. The number of hydrogen-bond acceptors (Lipinski definition) is 5. The van der Waals surface area contributed by atoms with Crippen LogP contribution in [0.5, 0.6) is 0 Å². The van der Waals surface area contributed by atoms with Gasteiger partial charge >= 0.3 is 6.18 Å². The van der Waals surface area contributed by atoms with Crippen LogP contribution in [0, 0.1) is 26.7 Å². The molecule has 2 N–H and O–H groups in total. The Morgan fingerprint density at radius 1 is 1.10 bits per heavy atom. The van der Waals surface area contributed by atoms with E-state index in [-0.39, 0.29) is 25.3 Å². The number of piperidine rings is 2. The summed E-state index contributed by atoms with van der Waals surface area (Å²) in [6.45, 7) is 12.3. The summed E-state index contributed by atoms with van der Waals surface area (Å²) in [5.41, 5.74) is 8.02. The van der Waals surface area contributed by atoms with E-state index < -0.39 is 18.1 Å². The van der Waals surface area contributed by atoms with Gasteiger partial charge in [-0.3, -0.25) is 4.79 Å². The fourth-order valence-corrected chi connectivity index (χ4v) is 8.26. The number of hydrogen-bond donors (Lipinski definition) is 2. The lowest BCUT2D eigenvalue weighted by Gasteiger charge is -2.37. The topological polar surface area (TPSA) is 78.3 Å². The van der Waals surface area contributed by atoms with Gasteiger partial charge in [-0.1, -0.05) is 13.8 Å². The standard InChI is InChI=1S/C30H37F3N6OS/c1-15(2)23-24-18(5)26(41-28(24)37-25(23)21-13-39-27(35-14-36-39)17(4)16(21)3)19-7-10-38(11-8-19)29(40)22-12-20(6-9-34-22)30(31,32)33/h13-15,19-20,22,34,37H,6-12H2,1-5H3/t20-,22+/m0/s1. The number of amides is 1. The fourth-order valence-electron chi connectivity index (χ4n) is 6.87. The summed E-state index contributed by atoms with van der Waals surface area (Å²) in [5, 5.41) is 8.71. The number of aromatic amines is 1. The number of nitrogens with one attached hydrogen (secondary N) is 2. The first-order chi connectivity index (χ1) is 19.5. The van der Waals surface area contributed by atoms with Crippen LogP contribution in [0.25, 0.3) is 27.1 Å². The highest BCUT2D eigenvalue weighted by atomic mass is 32.1. The molecule has 0 radical (unpaired) electrons. The Morgan fingerprint density at radius 3 is 2.51 bits per heavy atom. The molecule has 4 aromatic heterocycles. The number of alkyl halides is 3. The van der Waals surface area contributed by atoms with Gasteiger partial charge in [-0.15, -0.1) is 11.3 Å². The predicted octanol–water partition coefficient (Wildman–Crippen LogP) is 6.62. The first-order valence-corrected chi connectivity index (χ1v) is 15.3. The van der Waals surface area contributed by atoms with Crippen molar-refractivity contribution in [3.63, 3.8) is 0 Å². The molecule has 220 valence electrons. The number of aromatic nitrogens is 4. The molecule has 2 saturated heterocycles. The third-order valence-corrected chi connectivity index (χ3v) is 10.6. The minimum atomic E-state index is -4.25. The molecule has 2 atom stereocenters. The van der Waals surface area contributed by atoms with Crippen molar-refractivity contribution in [1.82, 2.24) is 29.8 Å². The van der Waals surface area contributed by atoms with Crippen LogP contribution in [-0.4, -0.2) is 62.2 Å². The monoisotopic (exact) mass is 586 g/mol. The van der Waals surface area contributed by atoms with Crippen molar-refractivity contribution < 1.29 is 18.0 Å². The number of carbonyl (C=O) groups is 1. The average Bonchev–Trinajstić information content (AvgIpc) is 3.65. The summed E-state index contributed by atoms with van der Waals surface area (Å²) in [5.74, 6) is -0.966. The second kappa shape index (κ2) is 10.4. The van der Waals surface area contributed by atoms with Crippen molar-refractivity contribution in [2.75, 3.05) is 19.6 Å². The van der Waals surface area contributed by atoms with Gasteiger partial charge in [0.2, 0.25) is 5.91 Å². The third-order valence-electron chi connectivity index (χ3n) is 9.28. The van der Waals surface area contributed by atoms with Crippen molar-refractivity contribution in [2.24, 2.45) is 5.92 Å². The van der Waals surface area contributed by atoms with E-state index in [0.29, 0.717) is 24.9 Å². The zero-order valence-electron chi connectivity index (χ0n) is 24.2. The van der Waals surface area contributed by atoms with E-state index in [9.17, 15) is 18.0 Å². The van der Waals surface area contributed by atoms with Crippen molar-refractivity contribution in [3.05, 3.63) is 39.7 Å². The molecule has 0 unspecified atom stereocenters. The summed E-state index contributed by atoms with van der Waals surface area (Å²) in [7, 11) is 0. The number of thiophene rings is 1. The molecule has 0 bridgehead atoms. The van der Waals surface area contributed by atoms with Crippen molar-refractivity contribution in [2.45, 2.75) is 84.4 Å². The normalized spacial score (nSPS) is 21.0. The highest BCUT2D eigenvalue weighted by molar-refractivity contribution is 7.19. The minimum absolute atomic E-state index is 0.0362. The number of aryl methyl sites for hydroxylation is 2. The summed E-state index contributed by atoms with van der Waals surface area (Å²) in [4.78, 5) is 25.6. The first kappa shape index (κ1) is 28.2. The second-order valence-electron chi connectivity index (χ2n) is 12.1. The van der Waals surface area contributed by atoms with Crippen LogP contribution >= 0.6 is 11.3 Å². The molecule has 0 saturated carbocycles. The molecular weight excluding hydrogens is 549 g/mol. The van der Waals surface area contributed by atoms with Gasteiger partial charge in [0.05, 0.1) is 17.7 Å². The zero-order valence-corrected chi connectivity index (χ0v) is 25.0. The number of nitrogens with zero attached hydrogens (tertiary/aromatic N) is 4. The maximum Gasteiger partial charge on any atom is 0.391 e. The van der Waals surface area contributed by atoms with Crippen LogP contribution in [0.1, 0.15) is 78.5 Å². The van der Waals surface area contributed by atoms with Gasteiger partial charge in [0.25, 0.3) is 0 Å². The molecular formula is C30H37F3N6OS. The summed E-state index contributed by atoms with van der Waals surface area (Å²) in [6.07, 6.45) is 0.902. The number of rotatable bonds is 4. The molecule has 1 amide bonds. The van der Waals surface area contributed by atoms with E-state index in [1.807, 2.05) is 4.52 Å². The molecule has 4 aromatic rings. The van der Waals surface area contributed by atoms with E-state index in [0.717, 1.165) is 40.1 Å². The summed E-state index contributed by atoms with van der Waals surface area (Å²) < 4.78 is 41.7. The fraction of sp³-hybridized carbons (Fsp3) is 0.567. The Morgan fingerprint density at radius 2 is 1.83 bits per heavy atom. The van der Waals surface area contributed by atoms with Gasteiger partial charge in [0, 0.05) is 35.1 Å². The number of halogens is 3. The highest BCUT2D eigenvalue weighted by Crippen LogP contribution is 2.46. The van der Waals surface area contributed by atoms with Gasteiger partial charge in [-0.05, 0) is 87.1 Å². The van der Waals surface area contributed by atoms with Crippen molar-refractivity contribution in [1.29, 1.82) is 0 Å². The number of H-pyrrole nitrogens is 1. The lowest BCUT2D eigenvalue weighted by molar-refractivity contribution is -0.184. The van der Waals surface area contributed by atoms with Gasteiger partial charge in [-0.25, -0.2) is 9.50 Å². The average molecular weight is 587 g/mol. The first-order valence-electron chi connectivity index (χ1n) is 14.5. The van der Waals surface area contributed by atoms with Crippen LogP contribution in [0.2, 0.25) is 0 Å². The quantitative estimate of drug-likeness (QED) is 0.282. The Hall–Kier alpha value is -2.92. The SMILES string of the molecule is Cc1c(-c2[nH]c3sc(C4CCN(C(=O)[C@H]5C[C@@H](C(F)(F)F)CCN5)CC4)c(C)c3c2C(C)C)cn2ncnc2c1C.